The smallest absolute Gasteiger partial charge is 0.267 e. The molecule has 0 spiro atoms. The highest BCUT2D eigenvalue weighted by atomic mass is 32.2. The molecule has 0 unspecified atom stereocenters. The maximum absolute atomic E-state index is 13.4. The van der Waals surface area contributed by atoms with Crippen LogP contribution in [0.5, 0.6) is 0 Å². The minimum absolute atomic E-state index is 0.161. The van der Waals surface area contributed by atoms with Crippen molar-refractivity contribution < 1.29 is 4.79 Å². The molecule has 1 fully saturated rings. The number of rotatable bonds is 7. The summed E-state index contributed by atoms with van der Waals surface area (Å²) in [5, 5.41) is 3.31. The van der Waals surface area contributed by atoms with E-state index in [4.69, 9.17) is 17.2 Å². The Balaban J connectivity index is 1.73. The van der Waals surface area contributed by atoms with Gasteiger partial charge in [0.15, 0.2) is 0 Å². The molecule has 0 bridgehead atoms. The van der Waals surface area contributed by atoms with Crippen LogP contribution in [-0.4, -0.2) is 37.6 Å². The predicted octanol–water partition coefficient (Wildman–Crippen LogP) is 4.27. The fraction of sp³-hybridized carbons (Fsp3) is 0.250. The van der Waals surface area contributed by atoms with E-state index in [1.165, 1.54) is 21.7 Å². The van der Waals surface area contributed by atoms with E-state index in [0.717, 1.165) is 18.4 Å². The summed E-state index contributed by atoms with van der Waals surface area (Å²) < 4.78 is 2.04. The van der Waals surface area contributed by atoms with E-state index < -0.39 is 0 Å². The van der Waals surface area contributed by atoms with E-state index in [1.54, 1.807) is 17.2 Å². The van der Waals surface area contributed by atoms with Crippen molar-refractivity contribution in [1.82, 2.24) is 14.3 Å². The second kappa shape index (κ2) is 9.67. The number of thioether (sulfide) groups is 1. The molecule has 0 aliphatic carbocycles. The van der Waals surface area contributed by atoms with Gasteiger partial charge in [0.1, 0.15) is 15.8 Å². The van der Waals surface area contributed by atoms with Crippen LogP contribution in [0, 0.1) is 6.92 Å². The van der Waals surface area contributed by atoms with Gasteiger partial charge in [-0.15, -0.1) is 0 Å². The molecule has 3 heterocycles. The molecule has 2 aromatic heterocycles. The third-order valence-corrected chi connectivity index (χ3v) is 6.53. The minimum Gasteiger partial charge on any atom is -0.369 e. The van der Waals surface area contributed by atoms with Gasteiger partial charge >= 0.3 is 0 Å². The monoisotopic (exact) mass is 464 g/mol. The number of thiocarbonyl (C=S) groups is 1. The average molecular weight is 465 g/mol. The molecular formula is C24H24N4O2S2. The van der Waals surface area contributed by atoms with Gasteiger partial charge in [0.2, 0.25) is 0 Å². The SMILES string of the molecule is CCCN1C(=O)/C(=C\c2c(NCCc3ccccc3)nc3ccc(C)cn3c2=O)SC1=S. The van der Waals surface area contributed by atoms with Crippen LogP contribution in [0.25, 0.3) is 11.7 Å². The third kappa shape index (κ3) is 4.61. The first-order chi connectivity index (χ1) is 15.5. The van der Waals surface area contributed by atoms with Crippen molar-refractivity contribution >= 4 is 51.7 Å². The third-order valence-electron chi connectivity index (χ3n) is 5.15. The number of carbonyl (C=O) groups is 1. The van der Waals surface area contributed by atoms with Crippen LogP contribution in [0.15, 0.2) is 58.4 Å². The highest BCUT2D eigenvalue weighted by molar-refractivity contribution is 8.26. The molecule has 3 aromatic rings. The molecule has 1 aliphatic rings. The number of nitrogens with zero attached hydrogens (tertiary/aromatic N) is 3. The van der Waals surface area contributed by atoms with Crippen molar-refractivity contribution in [2.75, 3.05) is 18.4 Å². The van der Waals surface area contributed by atoms with Crippen LogP contribution in [0.4, 0.5) is 5.82 Å². The lowest BCUT2D eigenvalue weighted by atomic mass is 10.1. The predicted molar refractivity (Wildman–Crippen MR) is 135 cm³/mol. The van der Waals surface area contributed by atoms with Crippen molar-refractivity contribution in [3.8, 4) is 0 Å². The number of anilines is 1. The van der Waals surface area contributed by atoms with E-state index in [-0.39, 0.29) is 11.5 Å². The lowest BCUT2D eigenvalue weighted by molar-refractivity contribution is -0.122. The van der Waals surface area contributed by atoms with Gasteiger partial charge in [0.25, 0.3) is 11.5 Å². The average Bonchev–Trinajstić information content (AvgIpc) is 3.05. The van der Waals surface area contributed by atoms with Gasteiger partial charge in [-0.2, -0.15) is 0 Å². The van der Waals surface area contributed by atoms with Crippen LogP contribution in [0.2, 0.25) is 0 Å². The highest BCUT2D eigenvalue weighted by Crippen LogP contribution is 2.33. The Kier molecular flexibility index (Phi) is 6.72. The molecular weight excluding hydrogens is 440 g/mol. The molecule has 1 saturated heterocycles. The van der Waals surface area contributed by atoms with Crippen molar-refractivity contribution in [3.63, 3.8) is 0 Å². The summed E-state index contributed by atoms with van der Waals surface area (Å²) in [7, 11) is 0. The van der Waals surface area contributed by atoms with Crippen molar-refractivity contribution in [2.45, 2.75) is 26.7 Å². The van der Waals surface area contributed by atoms with Crippen molar-refractivity contribution in [2.24, 2.45) is 0 Å². The summed E-state index contributed by atoms with van der Waals surface area (Å²) >= 11 is 6.60. The van der Waals surface area contributed by atoms with Crippen molar-refractivity contribution in [3.05, 3.63) is 80.6 Å². The molecule has 4 rings (SSSR count). The Hall–Kier alpha value is -2.97. The fourth-order valence-electron chi connectivity index (χ4n) is 3.54. The van der Waals surface area contributed by atoms with E-state index in [1.807, 2.05) is 44.2 Å². The molecule has 0 saturated carbocycles. The second-order valence-electron chi connectivity index (χ2n) is 7.61. The Labute approximate surface area is 196 Å². The Morgan fingerprint density at radius 2 is 1.94 bits per heavy atom. The van der Waals surface area contributed by atoms with Gasteiger partial charge in [-0.3, -0.25) is 18.9 Å². The Morgan fingerprint density at radius 1 is 1.16 bits per heavy atom. The molecule has 164 valence electrons. The van der Waals surface area contributed by atoms with Gasteiger partial charge in [-0.05, 0) is 43.0 Å². The number of nitrogens with one attached hydrogen (secondary N) is 1. The number of carbonyl (C=O) groups excluding carboxylic acids is 1. The number of hydrogen-bond acceptors (Lipinski definition) is 6. The second-order valence-corrected chi connectivity index (χ2v) is 9.29. The zero-order valence-electron chi connectivity index (χ0n) is 18.0. The maximum Gasteiger partial charge on any atom is 0.267 e. The molecule has 0 atom stereocenters. The summed E-state index contributed by atoms with van der Waals surface area (Å²) in [6.45, 7) is 5.10. The van der Waals surface area contributed by atoms with Crippen LogP contribution in [-0.2, 0) is 11.2 Å². The molecule has 6 nitrogen and oxygen atoms in total. The lowest BCUT2D eigenvalue weighted by Gasteiger charge is -2.13. The van der Waals surface area contributed by atoms with Crippen LogP contribution in [0.3, 0.4) is 0 Å². The molecule has 1 N–H and O–H groups in total. The van der Waals surface area contributed by atoms with Gasteiger partial charge in [-0.1, -0.05) is 67.3 Å². The van der Waals surface area contributed by atoms with Crippen LogP contribution in [0.1, 0.15) is 30.0 Å². The molecule has 1 aromatic carbocycles. The van der Waals surface area contributed by atoms with Gasteiger partial charge < -0.3 is 5.32 Å². The van der Waals surface area contributed by atoms with E-state index in [9.17, 15) is 9.59 Å². The Morgan fingerprint density at radius 3 is 2.69 bits per heavy atom. The number of benzene rings is 1. The van der Waals surface area contributed by atoms with E-state index in [0.29, 0.717) is 39.3 Å². The zero-order valence-corrected chi connectivity index (χ0v) is 19.6. The number of hydrogen-bond donors (Lipinski definition) is 1. The largest absolute Gasteiger partial charge is 0.369 e. The quantitative estimate of drug-likeness (QED) is 0.416. The van der Waals surface area contributed by atoms with Crippen LogP contribution < -0.4 is 10.9 Å². The minimum atomic E-state index is -0.221. The zero-order chi connectivity index (χ0) is 22.7. The van der Waals surface area contributed by atoms with Gasteiger partial charge in [0, 0.05) is 19.3 Å². The summed E-state index contributed by atoms with van der Waals surface area (Å²) in [4.78, 5) is 33.0. The number of fused-ring (bicyclic) bond motifs is 1. The Bertz CT molecular complexity index is 1270. The molecule has 1 aliphatic heterocycles. The summed E-state index contributed by atoms with van der Waals surface area (Å²) in [5.41, 5.74) is 2.83. The molecule has 8 heteroatoms. The number of amides is 1. The highest BCUT2D eigenvalue weighted by Gasteiger charge is 2.32. The maximum atomic E-state index is 13.4. The summed E-state index contributed by atoms with van der Waals surface area (Å²) in [6, 6.07) is 13.9. The van der Waals surface area contributed by atoms with Crippen molar-refractivity contribution in [1.29, 1.82) is 0 Å². The lowest BCUT2D eigenvalue weighted by Crippen LogP contribution is -2.28. The topological polar surface area (TPSA) is 66.7 Å². The molecule has 32 heavy (non-hydrogen) atoms. The molecule has 1 amide bonds. The first-order valence-corrected chi connectivity index (χ1v) is 11.8. The van der Waals surface area contributed by atoms with Crippen LogP contribution >= 0.6 is 24.0 Å². The number of aromatic nitrogens is 2. The number of aryl methyl sites for hydroxylation is 1. The first kappa shape index (κ1) is 22.2. The van der Waals surface area contributed by atoms with E-state index >= 15 is 0 Å². The van der Waals surface area contributed by atoms with Gasteiger partial charge in [0.05, 0.1) is 10.5 Å². The summed E-state index contributed by atoms with van der Waals surface area (Å²) in [6.07, 6.45) is 4.99. The summed E-state index contributed by atoms with van der Waals surface area (Å²) in [5.74, 6) is 0.307. The first-order valence-electron chi connectivity index (χ1n) is 10.5. The molecule has 0 radical (unpaired) electrons. The number of pyridine rings is 1. The normalized spacial score (nSPS) is 15.2. The standard InChI is InChI=1S/C24H24N4O2S2/c1-3-13-27-23(30)19(32-24(27)31)14-18-21(25-12-11-17-7-5-4-6-8-17)26-20-10-9-16(2)15-28(20)22(18)29/h4-10,14-15,25H,3,11-13H2,1-2H3/b19-14+. The fourth-order valence-corrected chi connectivity index (χ4v) is 4.83. The van der Waals surface area contributed by atoms with Gasteiger partial charge in [-0.25, -0.2) is 4.98 Å². The van der Waals surface area contributed by atoms with E-state index in [2.05, 4.69) is 17.4 Å².